The summed E-state index contributed by atoms with van der Waals surface area (Å²) in [7, 11) is 1.64. The van der Waals surface area contributed by atoms with E-state index in [1.54, 1.807) is 20.0 Å². The summed E-state index contributed by atoms with van der Waals surface area (Å²) in [5, 5.41) is 13.9. The molecule has 0 aliphatic carbocycles. The second kappa shape index (κ2) is 6.17. The summed E-state index contributed by atoms with van der Waals surface area (Å²) in [6, 6.07) is 7.37. The Morgan fingerprint density at radius 3 is 2.76 bits per heavy atom. The maximum Gasteiger partial charge on any atom is 0.352 e. The summed E-state index contributed by atoms with van der Waals surface area (Å²) in [5.74, 6) is 0.724. The maximum absolute atomic E-state index is 11.2. The van der Waals surface area contributed by atoms with Gasteiger partial charge in [-0.1, -0.05) is 19.1 Å². The average Bonchev–Trinajstić information content (AvgIpc) is 2.46. The first-order valence-corrected chi connectivity index (χ1v) is 6.52. The lowest BCUT2D eigenvalue weighted by atomic mass is 10.2. The molecular formula is C14H16N4O3. The van der Waals surface area contributed by atoms with Crippen molar-refractivity contribution < 1.29 is 9.66 Å². The van der Waals surface area contributed by atoms with Crippen LogP contribution < -0.4 is 10.1 Å². The van der Waals surface area contributed by atoms with Crippen LogP contribution in [0.3, 0.4) is 0 Å². The van der Waals surface area contributed by atoms with Gasteiger partial charge in [0.2, 0.25) is 5.95 Å². The van der Waals surface area contributed by atoms with Crippen LogP contribution in [-0.2, 0) is 6.42 Å². The Kier molecular flexibility index (Phi) is 4.32. The third-order valence-corrected chi connectivity index (χ3v) is 2.95. The molecule has 0 aliphatic heterocycles. The third-order valence-electron chi connectivity index (χ3n) is 2.95. The molecule has 21 heavy (non-hydrogen) atoms. The molecule has 2 aromatic rings. The molecule has 0 fully saturated rings. The lowest BCUT2D eigenvalue weighted by Gasteiger charge is -2.09. The van der Waals surface area contributed by atoms with E-state index >= 15 is 0 Å². The molecule has 1 aromatic heterocycles. The van der Waals surface area contributed by atoms with Crippen molar-refractivity contribution >= 4 is 11.6 Å². The van der Waals surface area contributed by atoms with Crippen molar-refractivity contribution in [3.05, 3.63) is 45.6 Å². The van der Waals surface area contributed by atoms with E-state index in [0.29, 0.717) is 5.75 Å². The van der Waals surface area contributed by atoms with Crippen LogP contribution in [0.1, 0.15) is 18.2 Å². The Bertz CT molecular complexity index is 673. The van der Waals surface area contributed by atoms with E-state index < -0.39 is 4.92 Å². The van der Waals surface area contributed by atoms with Crippen LogP contribution in [0.25, 0.3) is 0 Å². The van der Waals surface area contributed by atoms with Gasteiger partial charge in [0.05, 0.1) is 4.92 Å². The van der Waals surface area contributed by atoms with E-state index in [-0.39, 0.29) is 23.2 Å². The summed E-state index contributed by atoms with van der Waals surface area (Å²) >= 11 is 0. The molecule has 0 unspecified atom stereocenters. The summed E-state index contributed by atoms with van der Waals surface area (Å²) in [4.78, 5) is 18.7. The largest absolute Gasteiger partial charge is 0.434 e. The van der Waals surface area contributed by atoms with Crippen molar-refractivity contribution in [3.63, 3.8) is 0 Å². The molecule has 110 valence electrons. The highest BCUT2D eigenvalue weighted by Gasteiger charge is 2.24. The van der Waals surface area contributed by atoms with Gasteiger partial charge in [-0.25, -0.2) is 4.98 Å². The first-order chi connectivity index (χ1) is 10.0. The number of rotatable bonds is 5. The molecule has 0 spiro atoms. The lowest BCUT2D eigenvalue weighted by Crippen LogP contribution is -2.05. The molecule has 0 radical (unpaired) electrons. The number of hydrogen-bond acceptors (Lipinski definition) is 6. The number of hydrogen-bond donors (Lipinski definition) is 1. The maximum atomic E-state index is 11.2. The first-order valence-electron chi connectivity index (χ1n) is 6.52. The standard InChI is InChI=1S/C14H16N4O3/c1-4-10-6-5-7-11(8-10)21-13-12(18(19)20)9(2)16-14(15-3)17-13/h5-8H,4H2,1-3H3,(H,15,16,17). The van der Waals surface area contributed by atoms with Crippen molar-refractivity contribution in [2.45, 2.75) is 20.3 Å². The molecule has 7 nitrogen and oxygen atoms in total. The van der Waals surface area contributed by atoms with Crippen LogP contribution in [0, 0.1) is 17.0 Å². The first kappa shape index (κ1) is 14.7. The number of aromatic nitrogens is 2. The van der Waals surface area contributed by atoms with Crippen LogP contribution in [-0.4, -0.2) is 21.9 Å². The topological polar surface area (TPSA) is 90.2 Å². The van der Waals surface area contributed by atoms with Gasteiger partial charge < -0.3 is 10.1 Å². The van der Waals surface area contributed by atoms with E-state index in [4.69, 9.17) is 4.74 Å². The van der Waals surface area contributed by atoms with Crippen LogP contribution in [0.5, 0.6) is 11.6 Å². The van der Waals surface area contributed by atoms with Gasteiger partial charge in [-0.15, -0.1) is 0 Å². The Labute approximate surface area is 122 Å². The number of benzene rings is 1. The van der Waals surface area contributed by atoms with E-state index in [9.17, 15) is 10.1 Å². The van der Waals surface area contributed by atoms with Gasteiger partial charge in [0.1, 0.15) is 11.4 Å². The molecule has 1 heterocycles. The van der Waals surface area contributed by atoms with Gasteiger partial charge in [0.15, 0.2) is 0 Å². The minimum atomic E-state index is -0.534. The fourth-order valence-electron chi connectivity index (χ4n) is 1.87. The molecular weight excluding hydrogens is 272 g/mol. The molecule has 1 N–H and O–H groups in total. The smallest absolute Gasteiger partial charge is 0.352 e. The van der Waals surface area contributed by atoms with Crippen molar-refractivity contribution in [3.8, 4) is 11.6 Å². The molecule has 1 aromatic carbocycles. The van der Waals surface area contributed by atoms with Crippen LogP contribution in [0.4, 0.5) is 11.6 Å². The SMILES string of the molecule is CCc1cccc(Oc2nc(NC)nc(C)c2[N+](=O)[O-])c1. The zero-order valence-electron chi connectivity index (χ0n) is 12.1. The van der Waals surface area contributed by atoms with E-state index in [2.05, 4.69) is 15.3 Å². The Morgan fingerprint density at radius 2 is 2.14 bits per heavy atom. The Balaban J connectivity index is 2.46. The van der Waals surface area contributed by atoms with Crippen molar-refractivity contribution in [1.82, 2.24) is 9.97 Å². The van der Waals surface area contributed by atoms with Gasteiger partial charge >= 0.3 is 11.6 Å². The van der Waals surface area contributed by atoms with Gasteiger partial charge in [-0.2, -0.15) is 4.98 Å². The van der Waals surface area contributed by atoms with Crippen LogP contribution in [0.15, 0.2) is 24.3 Å². The summed E-state index contributed by atoms with van der Waals surface area (Å²) < 4.78 is 5.60. The molecule has 0 bridgehead atoms. The minimum Gasteiger partial charge on any atom is -0.434 e. The fraction of sp³-hybridized carbons (Fsp3) is 0.286. The highest BCUT2D eigenvalue weighted by atomic mass is 16.6. The monoisotopic (exact) mass is 288 g/mol. The molecule has 7 heteroatoms. The van der Waals surface area contributed by atoms with Crippen LogP contribution in [0.2, 0.25) is 0 Å². The predicted molar refractivity (Wildman–Crippen MR) is 78.9 cm³/mol. The van der Waals surface area contributed by atoms with Crippen LogP contribution >= 0.6 is 0 Å². The number of nitro groups is 1. The molecule has 0 saturated carbocycles. The van der Waals surface area contributed by atoms with Gasteiger partial charge in [-0.05, 0) is 31.0 Å². The lowest BCUT2D eigenvalue weighted by molar-refractivity contribution is -0.386. The molecule has 2 rings (SSSR count). The van der Waals surface area contributed by atoms with Gasteiger partial charge in [-0.3, -0.25) is 10.1 Å². The second-order valence-electron chi connectivity index (χ2n) is 4.40. The van der Waals surface area contributed by atoms with Gasteiger partial charge in [0, 0.05) is 7.05 Å². The second-order valence-corrected chi connectivity index (χ2v) is 4.40. The van der Waals surface area contributed by atoms with Gasteiger partial charge in [0.25, 0.3) is 0 Å². The number of anilines is 1. The molecule has 0 amide bonds. The summed E-state index contributed by atoms with van der Waals surface area (Å²) in [5.41, 5.74) is 1.10. The quantitative estimate of drug-likeness (QED) is 0.671. The number of aryl methyl sites for hydroxylation is 2. The normalized spacial score (nSPS) is 10.2. The zero-order chi connectivity index (χ0) is 15.4. The van der Waals surface area contributed by atoms with E-state index in [1.807, 2.05) is 25.1 Å². The highest BCUT2D eigenvalue weighted by Crippen LogP contribution is 2.32. The Hall–Kier alpha value is -2.70. The molecule has 0 saturated heterocycles. The van der Waals surface area contributed by atoms with E-state index in [1.165, 1.54) is 0 Å². The van der Waals surface area contributed by atoms with Crippen molar-refractivity contribution in [2.75, 3.05) is 12.4 Å². The molecule has 0 atom stereocenters. The number of ether oxygens (including phenoxy) is 1. The number of nitrogens with zero attached hydrogens (tertiary/aromatic N) is 3. The average molecular weight is 288 g/mol. The zero-order valence-corrected chi connectivity index (χ0v) is 12.1. The summed E-state index contributed by atoms with van der Waals surface area (Å²) in [6.07, 6.45) is 0.851. The minimum absolute atomic E-state index is 0.0647. The highest BCUT2D eigenvalue weighted by molar-refractivity contribution is 5.50. The van der Waals surface area contributed by atoms with E-state index in [0.717, 1.165) is 12.0 Å². The van der Waals surface area contributed by atoms with Crippen molar-refractivity contribution in [2.24, 2.45) is 0 Å². The third kappa shape index (κ3) is 3.25. The van der Waals surface area contributed by atoms with Crippen molar-refractivity contribution in [1.29, 1.82) is 0 Å². The summed E-state index contributed by atoms with van der Waals surface area (Å²) in [6.45, 7) is 3.57. The molecule has 0 aliphatic rings. The Morgan fingerprint density at radius 1 is 1.38 bits per heavy atom. The predicted octanol–water partition coefficient (Wildman–Crippen LogP) is 3.09. The fourth-order valence-corrected chi connectivity index (χ4v) is 1.87. The number of nitrogens with one attached hydrogen (secondary N) is 1.